The molecule has 2 rings (SSSR count). The van der Waals surface area contributed by atoms with Gasteiger partial charge in [-0.1, -0.05) is 6.42 Å². The Balaban J connectivity index is 1.68. The quantitative estimate of drug-likeness (QED) is 0.684. The molecular formula is C18H22N4O3. The van der Waals surface area contributed by atoms with Crippen LogP contribution in [0.4, 0.5) is 5.69 Å². The minimum Gasteiger partial charge on any atom is -0.424 e. The van der Waals surface area contributed by atoms with Gasteiger partial charge in [0, 0.05) is 38.0 Å². The number of nitrogens with zero attached hydrogens (tertiary/aromatic N) is 2. The fourth-order valence-corrected chi connectivity index (χ4v) is 2.13. The maximum atomic E-state index is 11.9. The molecule has 0 radical (unpaired) electrons. The van der Waals surface area contributed by atoms with E-state index in [1.807, 2.05) is 0 Å². The van der Waals surface area contributed by atoms with Gasteiger partial charge in [-0.15, -0.1) is 0 Å². The van der Waals surface area contributed by atoms with Crippen molar-refractivity contribution < 1.29 is 14.3 Å². The first kappa shape index (κ1) is 18.4. The predicted octanol–water partition coefficient (Wildman–Crippen LogP) is 2.90. The summed E-state index contributed by atoms with van der Waals surface area (Å²) in [5.74, 6) is 0.547. The number of aromatic nitrogens is 2. The van der Waals surface area contributed by atoms with Gasteiger partial charge in [0.15, 0.2) is 0 Å². The highest BCUT2D eigenvalue weighted by molar-refractivity contribution is 5.90. The normalized spacial score (nSPS) is 10.1. The van der Waals surface area contributed by atoms with Crippen LogP contribution in [0.1, 0.15) is 32.6 Å². The Labute approximate surface area is 146 Å². The maximum Gasteiger partial charge on any atom is 0.321 e. The molecule has 7 nitrogen and oxygen atoms in total. The highest BCUT2D eigenvalue weighted by Crippen LogP contribution is 2.20. The molecule has 0 bridgehead atoms. The molecule has 1 aromatic carbocycles. The first-order chi connectivity index (χ1) is 12.1. The molecule has 0 fully saturated rings. The van der Waals surface area contributed by atoms with E-state index in [2.05, 4.69) is 20.6 Å². The van der Waals surface area contributed by atoms with Crippen LogP contribution in [0, 0.1) is 0 Å². The second-order valence-electron chi connectivity index (χ2n) is 5.50. The van der Waals surface area contributed by atoms with Gasteiger partial charge in [0.05, 0.1) is 0 Å². The van der Waals surface area contributed by atoms with E-state index in [4.69, 9.17) is 4.74 Å². The molecular weight excluding hydrogens is 320 g/mol. The van der Waals surface area contributed by atoms with Crippen LogP contribution in [0.15, 0.2) is 42.7 Å². The van der Waals surface area contributed by atoms with Crippen LogP contribution in [0.5, 0.6) is 11.8 Å². The first-order valence-electron chi connectivity index (χ1n) is 8.23. The minimum absolute atomic E-state index is 0.0241. The number of amides is 2. The van der Waals surface area contributed by atoms with Crippen LogP contribution in [0.2, 0.25) is 0 Å². The number of anilines is 1. The minimum atomic E-state index is -0.0282. The molecule has 0 unspecified atom stereocenters. The van der Waals surface area contributed by atoms with Crippen LogP contribution >= 0.6 is 0 Å². The number of hydrogen-bond acceptors (Lipinski definition) is 5. The molecule has 132 valence electrons. The second-order valence-corrected chi connectivity index (χ2v) is 5.50. The fraction of sp³-hybridized carbons (Fsp3) is 0.333. The van der Waals surface area contributed by atoms with Gasteiger partial charge in [0.1, 0.15) is 5.75 Å². The Morgan fingerprint density at radius 3 is 2.44 bits per heavy atom. The van der Waals surface area contributed by atoms with E-state index in [0.29, 0.717) is 24.4 Å². The molecule has 2 amide bonds. The van der Waals surface area contributed by atoms with Crippen LogP contribution in [-0.4, -0.2) is 28.3 Å². The van der Waals surface area contributed by atoms with Gasteiger partial charge < -0.3 is 15.4 Å². The molecule has 1 aromatic heterocycles. The summed E-state index contributed by atoms with van der Waals surface area (Å²) in [4.78, 5) is 30.6. The lowest BCUT2D eigenvalue weighted by atomic mass is 10.2. The van der Waals surface area contributed by atoms with Crippen LogP contribution in [0.25, 0.3) is 0 Å². The highest BCUT2D eigenvalue weighted by atomic mass is 16.5. The van der Waals surface area contributed by atoms with Gasteiger partial charge in [-0.05, 0) is 43.2 Å². The Bertz CT molecular complexity index is 674. The van der Waals surface area contributed by atoms with Gasteiger partial charge in [-0.25, -0.2) is 9.97 Å². The summed E-state index contributed by atoms with van der Waals surface area (Å²) < 4.78 is 5.49. The van der Waals surface area contributed by atoms with Crippen molar-refractivity contribution in [1.82, 2.24) is 15.3 Å². The Kier molecular flexibility index (Phi) is 7.37. The maximum absolute atomic E-state index is 11.9. The number of benzene rings is 1. The fourth-order valence-electron chi connectivity index (χ4n) is 2.13. The van der Waals surface area contributed by atoms with E-state index in [0.717, 1.165) is 19.3 Å². The molecule has 0 aliphatic heterocycles. The van der Waals surface area contributed by atoms with Crippen molar-refractivity contribution in [3.63, 3.8) is 0 Å². The summed E-state index contributed by atoms with van der Waals surface area (Å²) in [5.41, 5.74) is 0.713. The zero-order valence-electron chi connectivity index (χ0n) is 14.2. The molecule has 7 heteroatoms. The Morgan fingerprint density at radius 1 is 1.04 bits per heavy atom. The number of rotatable bonds is 9. The molecule has 2 N–H and O–H groups in total. The number of carbonyl (C=O) groups excluding carboxylic acids is 2. The van der Waals surface area contributed by atoms with E-state index < -0.39 is 0 Å². The van der Waals surface area contributed by atoms with Crippen molar-refractivity contribution in [2.24, 2.45) is 0 Å². The predicted molar refractivity (Wildman–Crippen MR) is 94.3 cm³/mol. The number of hydrogen-bond donors (Lipinski definition) is 2. The lowest BCUT2D eigenvalue weighted by Crippen LogP contribution is -2.20. The number of nitrogens with one attached hydrogen (secondary N) is 2. The van der Waals surface area contributed by atoms with Crippen molar-refractivity contribution in [1.29, 1.82) is 0 Å². The van der Waals surface area contributed by atoms with E-state index in [-0.39, 0.29) is 17.8 Å². The first-order valence-corrected chi connectivity index (χ1v) is 8.23. The van der Waals surface area contributed by atoms with Crippen molar-refractivity contribution in [3.05, 3.63) is 42.7 Å². The summed E-state index contributed by atoms with van der Waals surface area (Å²) in [6.45, 7) is 2.15. The van der Waals surface area contributed by atoms with Crippen LogP contribution in [-0.2, 0) is 9.59 Å². The van der Waals surface area contributed by atoms with E-state index in [9.17, 15) is 9.59 Å². The molecule has 0 aliphatic rings. The smallest absolute Gasteiger partial charge is 0.321 e. The Morgan fingerprint density at radius 2 is 1.76 bits per heavy atom. The molecule has 1 heterocycles. The summed E-state index contributed by atoms with van der Waals surface area (Å²) in [6.07, 6.45) is 6.23. The summed E-state index contributed by atoms with van der Waals surface area (Å²) in [7, 11) is 0. The van der Waals surface area contributed by atoms with Gasteiger partial charge in [-0.3, -0.25) is 9.59 Å². The zero-order chi connectivity index (χ0) is 17.9. The average molecular weight is 342 g/mol. The summed E-state index contributed by atoms with van der Waals surface area (Å²) in [5, 5.41) is 5.58. The van der Waals surface area contributed by atoms with Gasteiger partial charge >= 0.3 is 6.01 Å². The topological polar surface area (TPSA) is 93.2 Å². The largest absolute Gasteiger partial charge is 0.424 e. The average Bonchev–Trinajstić information content (AvgIpc) is 2.60. The van der Waals surface area contributed by atoms with Crippen molar-refractivity contribution in [2.45, 2.75) is 32.6 Å². The molecule has 0 aliphatic carbocycles. The van der Waals surface area contributed by atoms with Crippen molar-refractivity contribution in [2.75, 3.05) is 11.9 Å². The van der Waals surface area contributed by atoms with Gasteiger partial charge in [0.2, 0.25) is 11.8 Å². The Hall–Kier alpha value is -2.96. The lowest BCUT2D eigenvalue weighted by molar-refractivity contribution is -0.119. The van der Waals surface area contributed by atoms with Gasteiger partial charge in [0.25, 0.3) is 0 Å². The molecule has 0 spiro atoms. The van der Waals surface area contributed by atoms with E-state index >= 15 is 0 Å². The van der Waals surface area contributed by atoms with E-state index in [1.165, 1.54) is 6.92 Å². The third-order valence-corrected chi connectivity index (χ3v) is 3.34. The van der Waals surface area contributed by atoms with Crippen LogP contribution in [0.3, 0.4) is 0 Å². The molecule has 2 aromatic rings. The SMILES string of the molecule is CC(=O)NCCCCCC(=O)Nc1ccc(Oc2ncccn2)cc1. The van der Waals surface area contributed by atoms with E-state index in [1.54, 1.807) is 42.7 Å². The second kappa shape index (κ2) is 10.0. The standard InChI is InChI=1S/C18H22N4O3/c1-14(23)19-11-4-2-3-6-17(24)22-15-7-9-16(10-8-15)25-18-20-12-5-13-21-18/h5,7-10,12-13H,2-4,6,11H2,1H3,(H,19,23)(H,22,24). The third-order valence-electron chi connectivity index (χ3n) is 3.34. The molecule has 0 saturated carbocycles. The molecule has 25 heavy (non-hydrogen) atoms. The third kappa shape index (κ3) is 7.43. The number of carbonyl (C=O) groups is 2. The van der Waals surface area contributed by atoms with Crippen molar-refractivity contribution in [3.8, 4) is 11.8 Å². The molecule has 0 saturated heterocycles. The summed E-state index contributed by atoms with van der Waals surface area (Å²) in [6, 6.07) is 9.03. The number of unbranched alkanes of at least 4 members (excludes halogenated alkanes) is 2. The molecule has 0 atom stereocenters. The lowest BCUT2D eigenvalue weighted by Gasteiger charge is -2.07. The highest BCUT2D eigenvalue weighted by Gasteiger charge is 2.04. The monoisotopic (exact) mass is 342 g/mol. The van der Waals surface area contributed by atoms with Crippen LogP contribution < -0.4 is 15.4 Å². The number of ether oxygens (including phenoxy) is 1. The zero-order valence-corrected chi connectivity index (χ0v) is 14.2. The van der Waals surface area contributed by atoms with Crippen molar-refractivity contribution >= 4 is 17.5 Å². The van der Waals surface area contributed by atoms with Gasteiger partial charge in [-0.2, -0.15) is 0 Å². The summed E-state index contributed by atoms with van der Waals surface area (Å²) >= 11 is 0.